The fourth-order valence-electron chi connectivity index (χ4n) is 3.25. The van der Waals surface area contributed by atoms with Crippen molar-refractivity contribution >= 4 is 33.7 Å². The molecule has 1 aromatic carbocycles. The molecule has 0 radical (unpaired) electrons. The number of thiocarbonyl (C=S) groups is 1. The lowest BCUT2D eigenvalue weighted by Gasteiger charge is -2.11. The van der Waals surface area contributed by atoms with Gasteiger partial charge in [-0.3, -0.25) is 8.78 Å². The molecule has 0 bridgehead atoms. The van der Waals surface area contributed by atoms with Crippen LogP contribution in [0.4, 0.5) is 8.78 Å². The van der Waals surface area contributed by atoms with Gasteiger partial charge in [0.25, 0.3) is 0 Å². The summed E-state index contributed by atoms with van der Waals surface area (Å²) in [6.45, 7) is 4.46. The maximum atomic E-state index is 13.2. The third-order valence-corrected chi connectivity index (χ3v) is 5.00. The van der Waals surface area contributed by atoms with Gasteiger partial charge < -0.3 is 15.4 Å². The van der Waals surface area contributed by atoms with Crippen LogP contribution < -0.4 is 5.73 Å². The van der Waals surface area contributed by atoms with Crippen LogP contribution in [-0.2, 0) is 13.2 Å². The highest BCUT2D eigenvalue weighted by Crippen LogP contribution is 2.31. The number of aliphatic hydroxyl groups is 1. The number of rotatable bonds is 9. The molecule has 0 aliphatic heterocycles. The molecule has 3 N–H and O–H groups in total. The number of halogens is 2. The smallest absolute Gasteiger partial charge is 0.103 e. The minimum absolute atomic E-state index is 0.104. The van der Waals surface area contributed by atoms with E-state index in [0.29, 0.717) is 4.99 Å². The largest absolute Gasteiger partial charge is 0.392 e. The number of fused-ring (bicyclic) bond motifs is 1. The normalized spacial score (nSPS) is 12.3. The van der Waals surface area contributed by atoms with Crippen LogP contribution in [0.25, 0.3) is 16.5 Å². The molecular formula is C23H28F2N2OS. The third kappa shape index (κ3) is 5.40. The number of hydrogen-bond donors (Lipinski definition) is 2. The molecular weight excluding hydrogens is 390 g/mol. The van der Waals surface area contributed by atoms with Crippen LogP contribution in [0.3, 0.4) is 0 Å². The van der Waals surface area contributed by atoms with Crippen molar-refractivity contribution in [2.45, 2.75) is 33.9 Å². The zero-order valence-electron chi connectivity index (χ0n) is 17.1. The molecule has 0 unspecified atom stereocenters. The highest BCUT2D eigenvalue weighted by atomic mass is 32.1. The van der Waals surface area contributed by atoms with E-state index in [2.05, 4.69) is 0 Å². The van der Waals surface area contributed by atoms with Gasteiger partial charge in [0.05, 0.1) is 20.0 Å². The molecule has 3 nitrogen and oxygen atoms in total. The average Bonchev–Trinajstić information content (AvgIpc) is 3.05. The van der Waals surface area contributed by atoms with Crippen molar-refractivity contribution in [3.05, 3.63) is 64.9 Å². The van der Waals surface area contributed by atoms with E-state index in [1.165, 1.54) is 0 Å². The van der Waals surface area contributed by atoms with Crippen molar-refractivity contribution in [1.82, 2.24) is 4.57 Å². The molecule has 0 amide bonds. The lowest BCUT2D eigenvalue weighted by Crippen LogP contribution is -2.14. The molecule has 0 aliphatic carbocycles. The second-order valence-corrected chi connectivity index (χ2v) is 7.70. The summed E-state index contributed by atoms with van der Waals surface area (Å²) in [7, 11) is 0. The van der Waals surface area contributed by atoms with E-state index >= 15 is 0 Å². The molecule has 2 aromatic rings. The van der Waals surface area contributed by atoms with Gasteiger partial charge in [-0.25, -0.2) is 0 Å². The van der Waals surface area contributed by atoms with Crippen LogP contribution in [-0.4, -0.2) is 28.0 Å². The standard InChI is InChI=1S/C23H28F2N2OS/c1-4-5-18(9-20(15(2)3)23(26)29)21-13-27(12-17(10-24)11-25)22-8-16(14-28)6-7-19(21)22/h4-9,13,17,28H,10-12,14H2,1-3H3,(H2,26,29)/b5-4-,18-9+. The fraction of sp³-hybridized carbons (Fsp3) is 0.348. The van der Waals surface area contributed by atoms with E-state index in [9.17, 15) is 13.9 Å². The molecule has 29 heavy (non-hydrogen) atoms. The van der Waals surface area contributed by atoms with Gasteiger partial charge in [0.15, 0.2) is 0 Å². The Morgan fingerprint density at radius 1 is 1.28 bits per heavy atom. The summed E-state index contributed by atoms with van der Waals surface area (Å²) in [4.78, 5) is 0.313. The van der Waals surface area contributed by atoms with Crippen molar-refractivity contribution in [1.29, 1.82) is 0 Å². The number of alkyl halides is 2. The predicted molar refractivity (Wildman–Crippen MR) is 121 cm³/mol. The van der Waals surface area contributed by atoms with Crippen molar-refractivity contribution < 1.29 is 13.9 Å². The summed E-state index contributed by atoms with van der Waals surface area (Å²) >= 11 is 5.20. The number of nitrogens with two attached hydrogens (primary N) is 1. The average molecular weight is 419 g/mol. The number of aromatic nitrogens is 1. The Bertz CT molecular complexity index is 965. The highest BCUT2D eigenvalue weighted by Gasteiger charge is 2.16. The van der Waals surface area contributed by atoms with Gasteiger partial charge in [-0.2, -0.15) is 0 Å². The number of benzene rings is 1. The number of hydrogen-bond acceptors (Lipinski definition) is 2. The van der Waals surface area contributed by atoms with Crippen LogP contribution in [0.5, 0.6) is 0 Å². The second kappa shape index (κ2) is 10.5. The van der Waals surface area contributed by atoms with Crippen LogP contribution >= 0.6 is 12.2 Å². The minimum Gasteiger partial charge on any atom is -0.392 e. The van der Waals surface area contributed by atoms with E-state index in [-0.39, 0.29) is 13.2 Å². The van der Waals surface area contributed by atoms with Crippen molar-refractivity contribution in [2.75, 3.05) is 13.3 Å². The first kappa shape index (κ1) is 23.0. The Hall–Kier alpha value is -2.31. The molecule has 0 atom stereocenters. The summed E-state index contributed by atoms with van der Waals surface area (Å²) in [6.07, 6.45) is 7.73. The minimum atomic E-state index is -0.730. The molecule has 0 saturated carbocycles. The SMILES string of the molecule is C/C=C\C(=C/C(C(N)=S)=C(C)C)c1cn(CC(CF)CF)c2cc(CO)ccc12. The van der Waals surface area contributed by atoms with Crippen molar-refractivity contribution in [2.24, 2.45) is 11.7 Å². The van der Waals surface area contributed by atoms with Gasteiger partial charge in [0, 0.05) is 40.7 Å². The molecule has 1 heterocycles. The Morgan fingerprint density at radius 3 is 2.48 bits per heavy atom. The maximum absolute atomic E-state index is 13.2. The van der Waals surface area contributed by atoms with Crippen molar-refractivity contribution in [3.63, 3.8) is 0 Å². The third-order valence-electron chi connectivity index (χ3n) is 4.78. The molecule has 0 aliphatic rings. The van der Waals surface area contributed by atoms with Crippen molar-refractivity contribution in [3.8, 4) is 0 Å². The maximum Gasteiger partial charge on any atom is 0.103 e. The highest BCUT2D eigenvalue weighted by molar-refractivity contribution is 7.80. The second-order valence-electron chi connectivity index (χ2n) is 7.26. The number of aliphatic hydroxyl groups excluding tert-OH is 1. The van der Waals surface area contributed by atoms with Gasteiger partial charge in [0.1, 0.15) is 4.99 Å². The van der Waals surface area contributed by atoms with E-state index < -0.39 is 19.3 Å². The van der Waals surface area contributed by atoms with Gasteiger partial charge in [-0.1, -0.05) is 42.1 Å². The molecule has 156 valence electrons. The lowest BCUT2D eigenvalue weighted by molar-refractivity contribution is 0.264. The van der Waals surface area contributed by atoms with E-state index in [0.717, 1.165) is 38.7 Å². The molecule has 0 spiro atoms. The zero-order valence-corrected chi connectivity index (χ0v) is 17.9. The van der Waals surface area contributed by atoms with E-state index in [1.54, 1.807) is 0 Å². The molecule has 1 aromatic heterocycles. The summed E-state index contributed by atoms with van der Waals surface area (Å²) in [6, 6.07) is 5.63. The van der Waals surface area contributed by atoms with Crippen LogP contribution in [0, 0.1) is 5.92 Å². The van der Waals surface area contributed by atoms with Crippen LogP contribution in [0.15, 0.2) is 53.8 Å². The van der Waals surface area contributed by atoms with E-state index in [1.807, 2.05) is 68.0 Å². The molecule has 2 rings (SSSR count). The summed E-state index contributed by atoms with van der Waals surface area (Å²) in [5.74, 6) is -0.713. The molecule has 0 saturated heterocycles. The van der Waals surface area contributed by atoms with Gasteiger partial charge in [-0.05, 0) is 44.1 Å². The topological polar surface area (TPSA) is 51.2 Å². The number of allylic oxidation sites excluding steroid dienone is 4. The van der Waals surface area contributed by atoms with Crippen LogP contribution in [0.1, 0.15) is 31.9 Å². The molecule has 6 heteroatoms. The van der Waals surface area contributed by atoms with Gasteiger partial charge in [-0.15, -0.1) is 0 Å². The zero-order chi connectivity index (χ0) is 21.6. The lowest BCUT2D eigenvalue weighted by atomic mass is 9.99. The monoisotopic (exact) mass is 418 g/mol. The molecule has 0 fully saturated rings. The Morgan fingerprint density at radius 2 is 1.97 bits per heavy atom. The Labute approximate surface area is 176 Å². The first-order valence-corrected chi connectivity index (χ1v) is 9.93. The summed E-state index contributed by atoms with van der Waals surface area (Å²) < 4.78 is 28.2. The summed E-state index contributed by atoms with van der Waals surface area (Å²) in [5.41, 5.74) is 11.1. The Kier molecular flexibility index (Phi) is 8.29. The first-order chi connectivity index (χ1) is 13.9. The predicted octanol–water partition coefficient (Wildman–Crippen LogP) is 5.27. The fourth-order valence-corrected chi connectivity index (χ4v) is 3.51. The number of nitrogens with zero attached hydrogens (tertiary/aromatic N) is 1. The first-order valence-electron chi connectivity index (χ1n) is 9.52. The van der Waals surface area contributed by atoms with Crippen LogP contribution in [0.2, 0.25) is 0 Å². The van der Waals surface area contributed by atoms with Gasteiger partial charge in [0.2, 0.25) is 0 Å². The summed E-state index contributed by atoms with van der Waals surface area (Å²) in [5, 5.41) is 10.4. The van der Waals surface area contributed by atoms with Gasteiger partial charge >= 0.3 is 0 Å². The van der Waals surface area contributed by atoms with E-state index in [4.69, 9.17) is 18.0 Å². The Balaban J connectivity index is 2.75. The quantitative estimate of drug-likeness (QED) is 0.331.